The number of carbonyl (C=O) groups excluding carboxylic acids is 1. The van der Waals surface area contributed by atoms with Gasteiger partial charge < -0.3 is 19.4 Å². The first-order valence-corrected chi connectivity index (χ1v) is 9.10. The number of hydrogen-bond acceptors (Lipinski definition) is 6. The van der Waals surface area contributed by atoms with Crippen molar-refractivity contribution in [1.82, 2.24) is 15.3 Å². The summed E-state index contributed by atoms with van der Waals surface area (Å²) in [5, 5.41) is 3.86. The molecule has 1 amide bonds. The number of furan rings is 1. The highest BCUT2D eigenvalue weighted by molar-refractivity contribution is 5.97. The molecule has 1 saturated heterocycles. The van der Waals surface area contributed by atoms with Gasteiger partial charge in [0.2, 0.25) is 0 Å². The molecule has 3 aromatic rings. The van der Waals surface area contributed by atoms with Gasteiger partial charge in [-0.25, -0.2) is 4.98 Å². The number of piperidine rings is 1. The monoisotopic (exact) mass is 366 g/mol. The van der Waals surface area contributed by atoms with Gasteiger partial charge in [0, 0.05) is 37.4 Å². The van der Waals surface area contributed by atoms with Crippen molar-refractivity contribution in [2.45, 2.75) is 12.8 Å². The second-order valence-corrected chi connectivity index (χ2v) is 6.69. The third-order valence-electron chi connectivity index (χ3n) is 4.99. The highest BCUT2D eigenvalue weighted by atomic mass is 16.5. The average molecular weight is 366 g/mol. The van der Waals surface area contributed by atoms with Gasteiger partial charge in [-0.05, 0) is 30.9 Å². The summed E-state index contributed by atoms with van der Waals surface area (Å²) in [4.78, 5) is 23.2. The lowest BCUT2D eigenvalue weighted by atomic mass is 9.97. The van der Waals surface area contributed by atoms with Gasteiger partial charge >= 0.3 is 0 Å². The number of methoxy groups -OCH3 is 1. The number of ether oxygens (including phenoxy) is 1. The Morgan fingerprint density at radius 2 is 2.19 bits per heavy atom. The lowest BCUT2D eigenvalue weighted by molar-refractivity contribution is 0.0919. The summed E-state index contributed by atoms with van der Waals surface area (Å²) in [6, 6.07) is 7.35. The summed E-state index contributed by atoms with van der Waals surface area (Å²) in [5.74, 6) is 2.11. The van der Waals surface area contributed by atoms with Crippen LogP contribution in [0.15, 0.2) is 47.3 Å². The summed E-state index contributed by atoms with van der Waals surface area (Å²) in [5.41, 5.74) is 0.599. The number of benzene rings is 1. The minimum Gasteiger partial charge on any atom is -0.493 e. The van der Waals surface area contributed by atoms with E-state index in [1.54, 1.807) is 31.8 Å². The Morgan fingerprint density at radius 1 is 1.33 bits per heavy atom. The standard InChI is InChI=1S/C20H22N4O3/c1-26-16-4-2-3-15-11-17(27-19(15)16)20(25)23-12-14-5-9-24(10-6-14)18-13-21-7-8-22-18/h2-4,7-8,11,13-14H,5-6,9-10,12H2,1H3,(H,23,25). The lowest BCUT2D eigenvalue weighted by Crippen LogP contribution is -2.39. The molecule has 0 bridgehead atoms. The van der Waals surface area contributed by atoms with Crippen LogP contribution in [0.1, 0.15) is 23.4 Å². The van der Waals surface area contributed by atoms with E-state index in [9.17, 15) is 4.79 Å². The number of rotatable bonds is 5. The van der Waals surface area contributed by atoms with Crippen molar-refractivity contribution in [3.63, 3.8) is 0 Å². The van der Waals surface area contributed by atoms with Crippen molar-refractivity contribution in [3.05, 3.63) is 48.6 Å². The summed E-state index contributed by atoms with van der Waals surface area (Å²) in [7, 11) is 1.59. The van der Waals surface area contributed by atoms with Crippen LogP contribution >= 0.6 is 0 Å². The van der Waals surface area contributed by atoms with E-state index in [4.69, 9.17) is 9.15 Å². The number of amides is 1. The van der Waals surface area contributed by atoms with Crippen molar-refractivity contribution in [2.24, 2.45) is 5.92 Å². The van der Waals surface area contributed by atoms with Gasteiger partial charge in [0.1, 0.15) is 5.82 Å². The van der Waals surface area contributed by atoms with E-state index in [2.05, 4.69) is 20.2 Å². The van der Waals surface area contributed by atoms with Gasteiger partial charge in [-0.15, -0.1) is 0 Å². The van der Waals surface area contributed by atoms with Gasteiger partial charge in [0.25, 0.3) is 5.91 Å². The predicted octanol–water partition coefficient (Wildman–Crippen LogP) is 2.88. The Hall–Kier alpha value is -3.09. The Kier molecular flexibility index (Phi) is 4.91. The molecule has 1 aliphatic rings. The molecular formula is C20H22N4O3. The fourth-order valence-electron chi connectivity index (χ4n) is 3.45. The molecule has 0 unspecified atom stereocenters. The van der Waals surface area contributed by atoms with Crippen molar-refractivity contribution in [3.8, 4) is 5.75 Å². The molecule has 1 aromatic carbocycles. The van der Waals surface area contributed by atoms with E-state index in [0.29, 0.717) is 29.6 Å². The zero-order chi connectivity index (χ0) is 18.6. The zero-order valence-corrected chi connectivity index (χ0v) is 15.2. The maximum absolute atomic E-state index is 12.5. The van der Waals surface area contributed by atoms with Crippen LogP contribution in [0.3, 0.4) is 0 Å². The fraction of sp³-hybridized carbons (Fsp3) is 0.350. The average Bonchev–Trinajstić information content (AvgIpc) is 3.17. The second-order valence-electron chi connectivity index (χ2n) is 6.69. The van der Waals surface area contributed by atoms with Crippen molar-refractivity contribution in [2.75, 3.05) is 31.6 Å². The molecule has 0 aliphatic carbocycles. The number of aromatic nitrogens is 2. The Labute approximate surface area is 157 Å². The van der Waals surface area contributed by atoms with Crippen molar-refractivity contribution in [1.29, 1.82) is 0 Å². The Morgan fingerprint density at radius 3 is 2.93 bits per heavy atom. The van der Waals surface area contributed by atoms with E-state index in [0.717, 1.165) is 37.1 Å². The van der Waals surface area contributed by atoms with Crippen LogP contribution < -0.4 is 15.0 Å². The van der Waals surface area contributed by atoms with Crippen LogP contribution in [0, 0.1) is 5.92 Å². The minimum atomic E-state index is -0.190. The molecule has 7 nitrogen and oxygen atoms in total. The maximum Gasteiger partial charge on any atom is 0.287 e. The first-order chi connectivity index (χ1) is 13.2. The highest BCUT2D eigenvalue weighted by Crippen LogP contribution is 2.28. The number of nitrogens with zero attached hydrogens (tertiary/aromatic N) is 3. The molecule has 140 valence electrons. The third-order valence-corrected chi connectivity index (χ3v) is 4.99. The molecule has 0 radical (unpaired) electrons. The Balaban J connectivity index is 1.32. The van der Waals surface area contributed by atoms with Crippen LogP contribution in [-0.4, -0.2) is 42.6 Å². The van der Waals surface area contributed by atoms with E-state index in [-0.39, 0.29) is 5.91 Å². The summed E-state index contributed by atoms with van der Waals surface area (Å²) in [6.07, 6.45) is 7.19. The number of carbonyl (C=O) groups is 1. The molecule has 0 saturated carbocycles. The van der Waals surface area contributed by atoms with E-state index < -0.39 is 0 Å². The predicted molar refractivity (Wildman–Crippen MR) is 102 cm³/mol. The van der Waals surface area contributed by atoms with Crippen molar-refractivity contribution >= 4 is 22.7 Å². The van der Waals surface area contributed by atoms with Crippen LogP contribution in [0.5, 0.6) is 5.75 Å². The zero-order valence-electron chi connectivity index (χ0n) is 15.2. The first kappa shape index (κ1) is 17.3. The fourth-order valence-corrected chi connectivity index (χ4v) is 3.45. The van der Waals surface area contributed by atoms with Gasteiger partial charge in [0.15, 0.2) is 17.1 Å². The van der Waals surface area contributed by atoms with E-state index in [1.165, 1.54) is 0 Å². The van der Waals surface area contributed by atoms with Gasteiger partial charge in [-0.2, -0.15) is 0 Å². The molecule has 1 aliphatic heterocycles. The van der Waals surface area contributed by atoms with Gasteiger partial charge in [-0.3, -0.25) is 9.78 Å². The van der Waals surface area contributed by atoms with Gasteiger partial charge in [-0.1, -0.05) is 12.1 Å². The minimum absolute atomic E-state index is 0.190. The van der Waals surface area contributed by atoms with Crippen LogP contribution in [0.4, 0.5) is 5.82 Å². The largest absolute Gasteiger partial charge is 0.493 e. The van der Waals surface area contributed by atoms with Gasteiger partial charge in [0.05, 0.1) is 13.3 Å². The number of para-hydroxylation sites is 1. The number of anilines is 1. The second kappa shape index (κ2) is 7.65. The summed E-state index contributed by atoms with van der Waals surface area (Å²) in [6.45, 7) is 2.48. The normalized spacial score (nSPS) is 15.1. The summed E-state index contributed by atoms with van der Waals surface area (Å²) < 4.78 is 11.0. The number of nitrogens with one attached hydrogen (secondary N) is 1. The molecule has 0 atom stereocenters. The van der Waals surface area contributed by atoms with Crippen LogP contribution in [0.25, 0.3) is 11.0 Å². The first-order valence-electron chi connectivity index (χ1n) is 9.10. The molecular weight excluding hydrogens is 344 g/mol. The van der Waals surface area contributed by atoms with Crippen LogP contribution in [-0.2, 0) is 0 Å². The maximum atomic E-state index is 12.5. The molecule has 2 aromatic heterocycles. The molecule has 0 spiro atoms. The van der Waals surface area contributed by atoms with E-state index in [1.807, 2.05) is 18.2 Å². The molecule has 7 heteroatoms. The number of hydrogen-bond donors (Lipinski definition) is 1. The number of fused-ring (bicyclic) bond motifs is 1. The SMILES string of the molecule is COc1cccc2cc(C(=O)NCC3CCN(c4cnccn4)CC3)oc12. The quantitative estimate of drug-likeness (QED) is 0.748. The smallest absolute Gasteiger partial charge is 0.287 e. The lowest BCUT2D eigenvalue weighted by Gasteiger charge is -2.32. The molecule has 3 heterocycles. The molecule has 1 fully saturated rings. The highest BCUT2D eigenvalue weighted by Gasteiger charge is 2.22. The topological polar surface area (TPSA) is 80.5 Å². The van der Waals surface area contributed by atoms with Crippen molar-refractivity contribution < 1.29 is 13.9 Å². The molecule has 4 rings (SSSR count). The molecule has 27 heavy (non-hydrogen) atoms. The van der Waals surface area contributed by atoms with E-state index >= 15 is 0 Å². The Bertz CT molecular complexity index is 917. The molecule has 1 N–H and O–H groups in total. The third kappa shape index (κ3) is 3.72. The summed E-state index contributed by atoms with van der Waals surface area (Å²) >= 11 is 0. The van der Waals surface area contributed by atoms with Crippen LogP contribution in [0.2, 0.25) is 0 Å².